The van der Waals surface area contributed by atoms with Crippen molar-refractivity contribution in [3.8, 4) is 11.4 Å². The lowest BCUT2D eigenvalue weighted by Crippen LogP contribution is -2.23. The highest BCUT2D eigenvalue weighted by Crippen LogP contribution is 2.30. The van der Waals surface area contributed by atoms with Crippen LogP contribution >= 0.6 is 11.8 Å². The Hall–Kier alpha value is -3.34. The first-order valence-electron chi connectivity index (χ1n) is 10.4. The predicted octanol–water partition coefficient (Wildman–Crippen LogP) is 4.02. The lowest BCUT2D eigenvalue weighted by atomic mass is 10.3. The second-order valence-electron chi connectivity index (χ2n) is 7.54. The van der Waals surface area contributed by atoms with Gasteiger partial charge >= 0.3 is 0 Å². The molecule has 0 radical (unpaired) electrons. The van der Waals surface area contributed by atoms with Gasteiger partial charge in [-0.2, -0.15) is 0 Å². The maximum absolute atomic E-state index is 12.7. The van der Waals surface area contributed by atoms with E-state index >= 15 is 0 Å². The average molecular weight is 497 g/mol. The van der Waals surface area contributed by atoms with Crippen molar-refractivity contribution in [2.75, 3.05) is 32.3 Å². The number of anilines is 1. The number of carbonyl (C=O) groups is 1. The van der Waals surface area contributed by atoms with Crippen LogP contribution in [0.15, 0.2) is 82.8 Å². The van der Waals surface area contributed by atoms with Crippen molar-refractivity contribution in [3.05, 3.63) is 72.8 Å². The number of para-hydroxylation sites is 3. The second-order valence-corrected chi connectivity index (χ2v) is 10.6. The average Bonchev–Trinajstić information content (AvgIpc) is 3.21. The number of nitrogens with zero attached hydrogens (tertiary/aromatic N) is 3. The van der Waals surface area contributed by atoms with Crippen LogP contribution in [-0.2, 0) is 14.8 Å². The molecular weight excluding hydrogens is 472 g/mol. The van der Waals surface area contributed by atoms with Crippen LogP contribution in [0.3, 0.4) is 0 Å². The molecule has 4 rings (SSSR count). The zero-order chi connectivity index (χ0) is 24.3. The lowest BCUT2D eigenvalue weighted by Gasteiger charge is -2.16. The van der Waals surface area contributed by atoms with E-state index in [0.29, 0.717) is 10.8 Å². The Kier molecular flexibility index (Phi) is 6.92. The van der Waals surface area contributed by atoms with Gasteiger partial charge in [-0.15, -0.1) is 0 Å². The number of methoxy groups -OCH3 is 1. The van der Waals surface area contributed by atoms with Gasteiger partial charge in [0.1, 0.15) is 10.6 Å². The van der Waals surface area contributed by atoms with Crippen molar-refractivity contribution in [2.45, 2.75) is 10.1 Å². The Balaban J connectivity index is 1.56. The van der Waals surface area contributed by atoms with E-state index in [1.165, 1.54) is 45.1 Å². The van der Waals surface area contributed by atoms with E-state index < -0.39 is 10.0 Å². The minimum atomic E-state index is -3.75. The molecule has 0 unspecified atom stereocenters. The van der Waals surface area contributed by atoms with Gasteiger partial charge in [-0.25, -0.2) is 17.7 Å². The molecule has 10 heteroatoms. The monoisotopic (exact) mass is 496 g/mol. The smallest absolute Gasteiger partial charge is 0.246 e. The Labute approximate surface area is 202 Å². The highest BCUT2D eigenvalue weighted by molar-refractivity contribution is 7.99. The third-order valence-electron chi connectivity index (χ3n) is 5.08. The maximum Gasteiger partial charge on any atom is 0.246 e. The lowest BCUT2D eigenvalue weighted by molar-refractivity contribution is -0.113. The Morgan fingerprint density at radius 2 is 1.76 bits per heavy atom. The molecule has 0 fully saturated rings. The molecule has 1 amide bonds. The molecule has 34 heavy (non-hydrogen) atoms. The van der Waals surface area contributed by atoms with Gasteiger partial charge in [-0.3, -0.25) is 9.36 Å². The highest BCUT2D eigenvalue weighted by Gasteiger charge is 2.23. The van der Waals surface area contributed by atoms with Crippen molar-refractivity contribution in [1.82, 2.24) is 13.9 Å². The van der Waals surface area contributed by atoms with Gasteiger partial charge < -0.3 is 10.1 Å². The van der Waals surface area contributed by atoms with E-state index in [4.69, 9.17) is 9.72 Å². The molecule has 8 nitrogen and oxygen atoms in total. The van der Waals surface area contributed by atoms with E-state index in [-0.39, 0.29) is 22.3 Å². The van der Waals surface area contributed by atoms with Gasteiger partial charge in [0.15, 0.2) is 5.16 Å². The van der Waals surface area contributed by atoms with Crippen molar-refractivity contribution < 1.29 is 17.9 Å². The molecule has 176 valence electrons. The number of imidazole rings is 1. The molecule has 3 aromatic carbocycles. The van der Waals surface area contributed by atoms with Crippen molar-refractivity contribution in [1.29, 1.82) is 0 Å². The van der Waals surface area contributed by atoms with Gasteiger partial charge in [-0.05, 0) is 42.5 Å². The van der Waals surface area contributed by atoms with Gasteiger partial charge in [0.2, 0.25) is 15.9 Å². The molecule has 0 saturated heterocycles. The number of benzene rings is 3. The minimum Gasteiger partial charge on any atom is -0.495 e. The summed E-state index contributed by atoms with van der Waals surface area (Å²) in [4.78, 5) is 17.4. The number of thioether (sulfide) groups is 1. The Morgan fingerprint density at radius 1 is 1.06 bits per heavy atom. The van der Waals surface area contributed by atoms with E-state index in [1.54, 1.807) is 6.07 Å². The number of rotatable bonds is 8. The predicted molar refractivity (Wildman–Crippen MR) is 134 cm³/mol. The normalized spacial score (nSPS) is 11.6. The second kappa shape index (κ2) is 9.88. The quantitative estimate of drug-likeness (QED) is 0.371. The van der Waals surface area contributed by atoms with Gasteiger partial charge in [0.05, 0.1) is 23.9 Å². The fraction of sp³-hybridized carbons (Fsp3) is 0.167. The number of nitrogens with one attached hydrogen (secondary N) is 1. The Bertz CT molecular complexity index is 1430. The summed E-state index contributed by atoms with van der Waals surface area (Å²) in [6, 6.07) is 22.2. The van der Waals surface area contributed by atoms with Crippen LogP contribution in [0.25, 0.3) is 16.7 Å². The summed E-state index contributed by atoms with van der Waals surface area (Å²) in [6.07, 6.45) is 0. The summed E-state index contributed by atoms with van der Waals surface area (Å²) in [5.41, 5.74) is 3.10. The SMILES string of the molecule is COc1ccc(NC(=O)CSc2nc3ccccc3n2-c2ccccc2)cc1S(=O)(=O)N(C)C. The number of amides is 1. The molecule has 0 bridgehead atoms. The summed E-state index contributed by atoms with van der Waals surface area (Å²) in [5, 5.41) is 3.46. The maximum atomic E-state index is 12.7. The fourth-order valence-corrected chi connectivity index (χ4v) is 5.31. The van der Waals surface area contributed by atoms with Gasteiger partial charge in [0, 0.05) is 25.5 Å². The molecule has 0 atom stereocenters. The minimum absolute atomic E-state index is 0.0173. The summed E-state index contributed by atoms with van der Waals surface area (Å²) in [5.74, 6) is 0.0190. The topological polar surface area (TPSA) is 93.5 Å². The summed E-state index contributed by atoms with van der Waals surface area (Å²) in [7, 11) is 0.535. The molecule has 0 aliphatic heterocycles. The number of aromatic nitrogens is 2. The van der Waals surface area contributed by atoms with Crippen LogP contribution < -0.4 is 10.1 Å². The van der Waals surface area contributed by atoms with Crippen LogP contribution in [-0.4, -0.2) is 55.1 Å². The van der Waals surface area contributed by atoms with Crippen molar-refractivity contribution in [2.24, 2.45) is 0 Å². The van der Waals surface area contributed by atoms with E-state index in [2.05, 4.69) is 5.32 Å². The Morgan fingerprint density at radius 3 is 2.47 bits per heavy atom. The summed E-state index contributed by atoms with van der Waals surface area (Å²) < 4.78 is 33.6. The first kappa shape index (κ1) is 23.8. The number of carbonyl (C=O) groups excluding carboxylic acids is 1. The summed E-state index contributed by atoms with van der Waals surface area (Å²) in [6.45, 7) is 0. The molecule has 4 aromatic rings. The number of sulfonamides is 1. The molecule has 1 N–H and O–H groups in total. The summed E-state index contributed by atoms with van der Waals surface area (Å²) >= 11 is 1.31. The standard InChI is InChI=1S/C24H24N4O4S2/c1-27(2)34(30,31)22-15-17(13-14-21(22)32-3)25-23(29)16-33-24-26-19-11-7-8-12-20(19)28(24)18-9-5-4-6-10-18/h4-15H,16H2,1-3H3,(H,25,29). The molecule has 1 heterocycles. The highest BCUT2D eigenvalue weighted by atomic mass is 32.2. The molecule has 0 saturated carbocycles. The van der Waals surface area contributed by atoms with Crippen molar-refractivity contribution >= 4 is 44.4 Å². The zero-order valence-electron chi connectivity index (χ0n) is 18.9. The van der Waals surface area contributed by atoms with Crippen LogP contribution in [0.4, 0.5) is 5.69 Å². The van der Waals surface area contributed by atoms with Gasteiger partial charge in [-0.1, -0.05) is 42.1 Å². The van der Waals surface area contributed by atoms with Crippen LogP contribution in [0.5, 0.6) is 5.75 Å². The fourth-order valence-electron chi connectivity index (χ4n) is 3.41. The molecule has 0 aliphatic rings. The zero-order valence-corrected chi connectivity index (χ0v) is 20.6. The third-order valence-corrected chi connectivity index (χ3v) is 7.86. The van der Waals surface area contributed by atoms with Crippen LogP contribution in [0, 0.1) is 0 Å². The van der Waals surface area contributed by atoms with E-state index in [0.717, 1.165) is 21.0 Å². The third kappa shape index (κ3) is 4.79. The number of ether oxygens (including phenoxy) is 1. The largest absolute Gasteiger partial charge is 0.495 e. The van der Waals surface area contributed by atoms with Crippen molar-refractivity contribution in [3.63, 3.8) is 0 Å². The van der Waals surface area contributed by atoms with Gasteiger partial charge in [0.25, 0.3) is 0 Å². The first-order valence-corrected chi connectivity index (χ1v) is 12.8. The number of hydrogen-bond donors (Lipinski definition) is 1. The first-order chi connectivity index (χ1) is 16.3. The molecular formula is C24H24N4O4S2. The van der Waals surface area contributed by atoms with E-state index in [1.807, 2.05) is 59.2 Å². The molecule has 0 spiro atoms. The number of hydrogen-bond acceptors (Lipinski definition) is 6. The van der Waals surface area contributed by atoms with Crippen LogP contribution in [0.1, 0.15) is 0 Å². The molecule has 1 aromatic heterocycles. The van der Waals surface area contributed by atoms with Crippen LogP contribution in [0.2, 0.25) is 0 Å². The van der Waals surface area contributed by atoms with E-state index in [9.17, 15) is 13.2 Å². The number of fused-ring (bicyclic) bond motifs is 1. The molecule has 0 aliphatic carbocycles.